The molecule has 0 aliphatic heterocycles. The summed E-state index contributed by atoms with van der Waals surface area (Å²) in [7, 11) is -3.88. The molecule has 1 amide bonds. The van der Waals surface area contributed by atoms with Crippen molar-refractivity contribution < 1.29 is 17.6 Å². The van der Waals surface area contributed by atoms with Crippen LogP contribution in [-0.2, 0) is 10.0 Å². The highest BCUT2D eigenvalue weighted by molar-refractivity contribution is 7.92. The number of halogens is 1. The molecule has 0 saturated heterocycles. The van der Waals surface area contributed by atoms with Crippen LogP contribution in [-0.4, -0.2) is 24.0 Å². The van der Waals surface area contributed by atoms with Gasteiger partial charge in [0.2, 0.25) is 0 Å². The van der Waals surface area contributed by atoms with Crippen molar-refractivity contribution in [1.82, 2.24) is 9.66 Å². The fraction of sp³-hybridized carbons (Fsp3) is 0.0476. The van der Waals surface area contributed by atoms with E-state index in [0.717, 1.165) is 17.1 Å². The first-order chi connectivity index (χ1) is 14.3. The fourth-order valence-corrected chi connectivity index (χ4v) is 4.05. The van der Waals surface area contributed by atoms with Crippen LogP contribution >= 0.6 is 0 Å². The summed E-state index contributed by atoms with van der Waals surface area (Å²) in [5, 5.41) is 0. The van der Waals surface area contributed by atoms with Crippen LogP contribution in [0.15, 0.2) is 78.0 Å². The summed E-state index contributed by atoms with van der Waals surface area (Å²) in [4.78, 5) is 16.7. The highest BCUT2D eigenvalue weighted by Gasteiger charge is 2.16. The number of amides is 1. The second-order valence-corrected chi connectivity index (χ2v) is 8.32. The van der Waals surface area contributed by atoms with Crippen LogP contribution in [0.5, 0.6) is 0 Å². The summed E-state index contributed by atoms with van der Waals surface area (Å²) in [5.41, 5.74) is 5.08. The van der Waals surface area contributed by atoms with Crippen LogP contribution in [0.2, 0.25) is 0 Å². The molecule has 0 aliphatic rings. The molecule has 1 heterocycles. The second kappa shape index (κ2) is 7.60. The van der Waals surface area contributed by atoms with Gasteiger partial charge in [-0.25, -0.2) is 22.5 Å². The number of nitrogens with zero attached hydrogens (tertiary/aromatic N) is 2. The predicted molar refractivity (Wildman–Crippen MR) is 112 cm³/mol. The molecule has 0 spiro atoms. The third-order valence-electron chi connectivity index (χ3n) is 4.51. The molecule has 0 radical (unpaired) electrons. The Balaban J connectivity index is 1.49. The van der Waals surface area contributed by atoms with Gasteiger partial charge in [0, 0.05) is 11.3 Å². The molecule has 4 rings (SSSR count). The lowest BCUT2D eigenvalue weighted by Crippen LogP contribution is -2.22. The molecule has 4 aromatic rings. The highest BCUT2D eigenvalue weighted by atomic mass is 32.2. The zero-order valence-corrected chi connectivity index (χ0v) is 16.7. The molecule has 152 valence electrons. The maximum Gasteiger partial charge on any atom is 0.270 e. The van der Waals surface area contributed by atoms with Gasteiger partial charge in [-0.1, -0.05) is 12.1 Å². The quantitative estimate of drug-likeness (QED) is 0.511. The largest absolute Gasteiger partial charge is 0.280 e. The van der Waals surface area contributed by atoms with Gasteiger partial charge < -0.3 is 0 Å². The minimum Gasteiger partial charge on any atom is -0.280 e. The van der Waals surface area contributed by atoms with E-state index in [0.29, 0.717) is 5.56 Å². The van der Waals surface area contributed by atoms with Gasteiger partial charge in [-0.3, -0.25) is 14.9 Å². The van der Waals surface area contributed by atoms with E-state index in [1.54, 1.807) is 0 Å². The van der Waals surface area contributed by atoms with Crippen molar-refractivity contribution in [2.75, 3.05) is 10.1 Å². The number of carbonyl (C=O) groups is 1. The van der Waals surface area contributed by atoms with Crippen LogP contribution < -0.4 is 10.1 Å². The van der Waals surface area contributed by atoms with Crippen molar-refractivity contribution in [2.24, 2.45) is 0 Å². The van der Waals surface area contributed by atoms with Gasteiger partial charge >= 0.3 is 0 Å². The molecule has 0 atom stereocenters. The number of carbonyl (C=O) groups excluding carboxylic acids is 1. The molecule has 0 unspecified atom stereocenters. The summed E-state index contributed by atoms with van der Waals surface area (Å²) < 4.78 is 42.3. The molecule has 1 aromatic heterocycles. The SMILES string of the molecule is Cc1cc(S(=O)(=O)Nc2ccc(C(=O)Nn3cnc4ccccc43)cc2)ccc1F. The maximum atomic E-state index is 13.4. The molecule has 9 heteroatoms. The van der Waals surface area contributed by atoms with Gasteiger partial charge in [0.05, 0.1) is 15.9 Å². The number of rotatable bonds is 5. The highest BCUT2D eigenvalue weighted by Crippen LogP contribution is 2.19. The summed E-state index contributed by atoms with van der Waals surface area (Å²) in [6.07, 6.45) is 1.51. The monoisotopic (exact) mass is 424 g/mol. The lowest BCUT2D eigenvalue weighted by atomic mass is 10.2. The Morgan fingerprint density at radius 2 is 1.77 bits per heavy atom. The summed E-state index contributed by atoms with van der Waals surface area (Å²) >= 11 is 0. The Labute approximate surface area is 172 Å². The Kier molecular flexibility index (Phi) is 4.96. The van der Waals surface area contributed by atoms with Crippen LogP contribution in [0.1, 0.15) is 15.9 Å². The minimum absolute atomic E-state index is 0.0461. The van der Waals surface area contributed by atoms with E-state index in [1.165, 1.54) is 54.3 Å². The van der Waals surface area contributed by atoms with E-state index >= 15 is 0 Å². The number of anilines is 1. The van der Waals surface area contributed by atoms with Gasteiger partial charge in [-0.15, -0.1) is 0 Å². The number of aromatic nitrogens is 2. The number of hydrogen-bond acceptors (Lipinski definition) is 4. The molecule has 7 nitrogen and oxygen atoms in total. The lowest BCUT2D eigenvalue weighted by molar-refractivity contribution is 0.101. The average molecular weight is 424 g/mol. The number of hydrogen-bond donors (Lipinski definition) is 2. The molecule has 0 aliphatic carbocycles. The summed E-state index contributed by atoms with van der Waals surface area (Å²) in [5.74, 6) is -0.850. The summed E-state index contributed by atoms with van der Waals surface area (Å²) in [6.45, 7) is 1.49. The normalized spacial score (nSPS) is 11.4. The lowest BCUT2D eigenvalue weighted by Gasteiger charge is -2.10. The van der Waals surface area contributed by atoms with Crippen LogP contribution in [0.25, 0.3) is 11.0 Å². The fourth-order valence-electron chi connectivity index (χ4n) is 2.91. The zero-order valence-electron chi connectivity index (χ0n) is 15.8. The number of fused-ring (bicyclic) bond motifs is 1. The minimum atomic E-state index is -3.88. The van der Waals surface area contributed by atoms with Gasteiger partial charge in [0.1, 0.15) is 12.1 Å². The first-order valence-electron chi connectivity index (χ1n) is 8.96. The first-order valence-corrected chi connectivity index (χ1v) is 10.4. The van der Waals surface area contributed by atoms with E-state index in [-0.39, 0.29) is 22.1 Å². The number of sulfonamides is 1. The van der Waals surface area contributed by atoms with Gasteiger partial charge in [0.25, 0.3) is 15.9 Å². The van der Waals surface area contributed by atoms with Crippen LogP contribution in [0, 0.1) is 12.7 Å². The van der Waals surface area contributed by atoms with Crippen LogP contribution in [0.3, 0.4) is 0 Å². The topological polar surface area (TPSA) is 93.1 Å². The van der Waals surface area contributed by atoms with E-state index in [2.05, 4.69) is 15.1 Å². The summed E-state index contributed by atoms with van der Waals surface area (Å²) in [6, 6.07) is 16.9. The number of nitrogens with one attached hydrogen (secondary N) is 2. The molecule has 0 fully saturated rings. The Hall–Kier alpha value is -3.72. The zero-order chi connectivity index (χ0) is 21.3. The number of benzene rings is 3. The van der Waals surface area contributed by atoms with Crippen molar-refractivity contribution >= 4 is 32.7 Å². The maximum absolute atomic E-state index is 13.4. The standard InChI is InChI=1S/C21H17FN4O3S/c1-14-12-17(10-11-18(14)22)30(28,29)25-16-8-6-15(7-9-16)21(27)24-26-13-23-19-4-2-3-5-20(19)26/h2-13,25H,1H3,(H,24,27). The number of para-hydroxylation sites is 2. The van der Waals surface area contributed by atoms with Crippen molar-refractivity contribution in [2.45, 2.75) is 11.8 Å². The van der Waals surface area contributed by atoms with Crippen LogP contribution in [0.4, 0.5) is 10.1 Å². The number of aryl methyl sites for hydroxylation is 1. The van der Waals surface area contributed by atoms with E-state index < -0.39 is 15.8 Å². The van der Waals surface area contributed by atoms with E-state index in [1.807, 2.05) is 24.3 Å². The molecule has 0 saturated carbocycles. The van der Waals surface area contributed by atoms with Gasteiger partial charge in [-0.05, 0) is 67.1 Å². The molecular weight excluding hydrogens is 407 g/mol. The van der Waals surface area contributed by atoms with Crippen molar-refractivity contribution in [1.29, 1.82) is 0 Å². The Morgan fingerprint density at radius 3 is 2.50 bits per heavy atom. The molecule has 30 heavy (non-hydrogen) atoms. The third-order valence-corrected chi connectivity index (χ3v) is 5.89. The molecule has 2 N–H and O–H groups in total. The smallest absolute Gasteiger partial charge is 0.270 e. The number of imidazole rings is 1. The van der Waals surface area contributed by atoms with Crippen molar-refractivity contribution in [3.63, 3.8) is 0 Å². The molecular formula is C21H17FN4O3S. The Morgan fingerprint density at radius 1 is 1.03 bits per heavy atom. The average Bonchev–Trinajstić information content (AvgIpc) is 3.13. The van der Waals surface area contributed by atoms with Gasteiger partial charge in [-0.2, -0.15) is 0 Å². The van der Waals surface area contributed by atoms with Crippen molar-refractivity contribution in [3.8, 4) is 0 Å². The van der Waals surface area contributed by atoms with Crippen molar-refractivity contribution in [3.05, 3.63) is 90.0 Å². The first kappa shape index (κ1) is 19.6. The Bertz CT molecular complexity index is 1350. The second-order valence-electron chi connectivity index (χ2n) is 6.64. The molecule has 0 bridgehead atoms. The van der Waals surface area contributed by atoms with E-state index in [9.17, 15) is 17.6 Å². The predicted octanol–water partition coefficient (Wildman–Crippen LogP) is 3.67. The van der Waals surface area contributed by atoms with Gasteiger partial charge in [0.15, 0.2) is 0 Å². The van der Waals surface area contributed by atoms with E-state index in [4.69, 9.17) is 0 Å². The third kappa shape index (κ3) is 3.87. The molecule has 3 aromatic carbocycles.